The second kappa shape index (κ2) is 7.27. The highest BCUT2D eigenvalue weighted by molar-refractivity contribution is 5.75. The number of esters is 2. The maximum atomic E-state index is 11.4. The zero-order valence-corrected chi connectivity index (χ0v) is 11.4. The van der Waals surface area contributed by atoms with Crippen molar-refractivity contribution in [2.75, 3.05) is 26.3 Å². The first-order chi connectivity index (χ1) is 7.81. The van der Waals surface area contributed by atoms with Crippen LogP contribution in [0.2, 0.25) is 0 Å². The molecule has 5 nitrogen and oxygen atoms in total. The third-order valence-electron chi connectivity index (χ3n) is 2.20. The Labute approximate surface area is 103 Å². The minimum atomic E-state index is -0.327. The number of hydrogen-bond donors (Lipinski definition) is 0. The Morgan fingerprint density at radius 3 is 1.53 bits per heavy atom. The molecule has 0 aromatic heterocycles. The van der Waals surface area contributed by atoms with E-state index in [9.17, 15) is 9.59 Å². The van der Waals surface area contributed by atoms with Gasteiger partial charge in [0, 0.05) is 5.54 Å². The average Bonchev–Trinajstić information content (AvgIpc) is 2.16. The van der Waals surface area contributed by atoms with Gasteiger partial charge in [-0.25, -0.2) is 0 Å². The van der Waals surface area contributed by atoms with E-state index in [1.807, 2.05) is 20.8 Å². The number of ether oxygens (including phenoxy) is 2. The molecule has 0 fully saturated rings. The van der Waals surface area contributed by atoms with Gasteiger partial charge in [-0.3, -0.25) is 14.5 Å². The number of nitrogens with zero attached hydrogens (tertiary/aromatic N) is 1. The summed E-state index contributed by atoms with van der Waals surface area (Å²) in [6.45, 7) is 10.2. The van der Waals surface area contributed by atoms with Gasteiger partial charge in [-0.05, 0) is 34.6 Å². The van der Waals surface area contributed by atoms with Gasteiger partial charge in [0.05, 0.1) is 26.3 Å². The molecule has 17 heavy (non-hydrogen) atoms. The summed E-state index contributed by atoms with van der Waals surface area (Å²) in [6.07, 6.45) is 0. The average molecular weight is 245 g/mol. The lowest BCUT2D eigenvalue weighted by Gasteiger charge is -2.33. The smallest absolute Gasteiger partial charge is 0.320 e. The largest absolute Gasteiger partial charge is 0.465 e. The number of carbonyl (C=O) groups excluding carboxylic acids is 2. The van der Waals surface area contributed by atoms with Gasteiger partial charge < -0.3 is 9.47 Å². The molecular weight excluding hydrogens is 222 g/mol. The fourth-order valence-corrected chi connectivity index (χ4v) is 1.26. The van der Waals surface area contributed by atoms with E-state index in [0.717, 1.165) is 0 Å². The van der Waals surface area contributed by atoms with Crippen LogP contribution in [-0.4, -0.2) is 48.7 Å². The molecule has 100 valence electrons. The highest BCUT2D eigenvalue weighted by atomic mass is 16.5. The topological polar surface area (TPSA) is 55.8 Å². The van der Waals surface area contributed by atoms with Crippen LogP contribution < -0.4 is 0 Å². The van der Waals surface area contributed by atoms with Crippen molar-refractivity contribution in [3.05, 3.63) is 0 Å². The summed E-state index contributed by atoms with van der Waals surface area (Å²) in [5.74, 6) is -0.654. The van der Waals surface area contributed by atoms with Crippen LogP contribution in [0.3, 0.4) is 0 Å². The Bertz CT molecular complexity index is 238. The Balaban J connectivity index is 4.45. The van der Waals surface area contributed by atoms with Gasteiger partial charge >= 0.3 is 11.9 Å². The van der Waals surface area contributed by atoms with E-state index in [4.69, 9.17) is 9.47 Å². The number of carbonyl (C=O) groups is 2. The first-order valence-electron chi connectivity index (χ1n) is 5.87. The van der Waals surface area contributed by atoms with E-state index in [-0.39, 0.29) is 30.6 Å². The maximum Gasteiger partial charge on any atom is 0.320 e. The molecule has 0 spiro atoms. The van der Waals surface area contributed by atoms with Crippen LogP contribution in [0.25, 0.3) is 0 Å². The highest BCUT2D eigenvalue weighted by Gasteiger charge is 2.26. The van der Waals surface area contributed by atoms with Crippen molar-refractivity contribution in [1.82, 2.24) is 4.90 Å². The van der Waals surface area contributed by atoms with Crippen LogP contribution >= 0.6 is 0 Å². The molecule has 0 aromatic carbocycles. The Kier molecular flexibility index (Phi) is 6.80. The SMILES string of the molecule is CCOC(=O)CN(CC(=O)OCC)C(C)(C)C. The Morgan fingerprint density at radius 1 is 0.941 bits per heavy atom. The predicted octanol–water partition coefficient (Wildman–Crippen LogP) is 1.21. The van der Waals surface area contributed by atoms with Gasteiger partial charge in [-0.15, -0.1) is 0 Å². The summed E-state index contributed by atoms with van der Waals surface area (Å²) in [6, 6.07) is 0. The Hall–Kier alpha value is -1.10. The van der Waals surface area contributed by atoms with Crippen molar-refractivity contribution in [2.45, 2.75) is 40.2 Å². The fraction of sp³-hybridized carbons (Fsp3) is 0.833. The zero-order valence-electron chi connectivity index (χ0n) is 11.4. The fourth-order valence-electron chi connectivity index (χ4n) is 1.26. The molecule has 5 heteroatoms. The van der Waals surface area contributed by atoms with Crippen LogP contribution in [0.4, 0.5) is 0 Å². The first kappa shape index (κ1) is 15.9. The van der Waals surface area contributed by atoms with E-state index < -0.39 is 0 Å². The molecule has 0 saturated heterocycles. The molecule has 0 heterocycles. The molecule has 0 radical (unpaired) electrons. The van der Waals surface area contributed by atoms with Crippen molar-refractivity contribution in [2.24, 2.45) is 0 Å². The van der Waals surface area contributed by atoms with Crippen LogP contribution in [0.15, 0.2) is 0 Å². The third kappa shape index (κ3) is 6.94. The molecule has 0 N–H and O–H groups in total. The normalized spacial score (nSPS) is 11.4. The van der Waals surface area contributed by atoms with Gasteiger partial charge in [0.2, 0.25) is 0 Å². The van der Waals surface area contributed by atoms with Gasteiger partial charge in [0.1, 0.15) is 0 Å². The molecule has 0 aliphatic carbocycles. The maximum absolute atomic E-state index is 11.4. The van der Waals surface area contributed by atoms with Crippen molar-refractivity contribution < 1.29 is 19.1 Å². The minimum Gasteiger partial charge on any atom is -0.465 e. The second-order valence-electron chi connectivity index (χ2n) is 4.64. The van der Waals surface area contributed by atoms with E-state index in [0.29, 0.717) is 13.2 Å². The molecule has 0 rings (SSSR count). The summed E-state index contributed by atoms with van der Waals surface area (Å²) in [5, 5.41) is 0. The number of hydrogen-bond acceptors (Lipinski definition) is 5. The van der Waals surface area contributed by atoms with E-state index in [1.54, 1.807) is 18.7 Å². The van der Waals surface area contributed by atoms with Gasteiger partial charge in [0.15, 0.2) is 0 Å². The molecular formula is C12H23NO4. The van der Waals surface area contributed by atoms with E-state index >= 15 is 0 Å². The van der Waals surface area contributed by atoms with Crippen LogP contribution in [0, 0.1) is 0 Å². The number of rotatable bonds is 6. The quantitative estimate of drug-likeness (QED) is 0.658. The van der Waals surface area contributed by atoms with Crippen molar-refractivity contribution >= 4 is 11.9 Å². The monoisotopic (exact) mass is 245 g/mol. The van der Waals surface area contributed by atoms with E-state index in [2.05, 4.69) is 0 Å². The zero-order chi connectivity index (χ0) is 13.5. The molecule has 0 aromatic rings. The van der Waals surface area contributed by atoms with E-state index in [1.165, 1.54) is 0 Å². The van der Waals surface area contributed by atoms with Gasteiger partial charge in [0.25, 0.3) is 0 Å². The summed E-state index contributed by atoms with van der Waals surface area (Å²) < 4.78 is 9.75. The predicted molar refractivity (Wildman–Crippen MR) is 64.6 cm³/mol. The standard InChI is InChI=1S/C12H23NO4/c1-6-16-10(14)8-13(12(3,4)5)9-11(15)17-7-2/h6-9H2,1-5H3. The first-order valence-corrected chi connectivity index (χ1v) is 5.87. The molecule has 0 atom stereocenters. The highest BCUT2D eigenvalue weighted by Crippen LogP contribution is 2.12. The summed E-state index contributed by atoms with van der Waals surface area (Å²) >= 11 is 0. The molecule has 0 bridgehead atoms. The second-order valence-corrected chi connectivity index (χ2v) is 4.64. The van der Waals surface area contributed by atoms with Gasteiger partial charge in [-0.2, -0.15) is 0 Å². The lowest BCUT2D eigenvalue weighted by Crippen LogP contribution is -2.47. The van der Waals surface area contributed by atoms with Gasteiger partial charge in [-0.1, -0.05) is 0 Å². The molecule has 0 aliphatic heterocycles. The van der Waals surface area contributed by atoms with Crippen LogP contribution in [0.1, 0.15) is 34.6 Å². The van der Waals surface area contributed by atoms with Crippen LogP contribution in [-0.2, 0) is 19.1 Å². The summed E-state index contributed by atoms with van der Waals surface area (Å²) in [5.41, 5.74) is -0.292. The van der Waals surface area contributed by atoms with Crippen LogP contribution in [0.5, 0.6) is 0 Å². The van der Waals surface area contributed by atoms with Crippen molar-refractivity contribution in [1.29, 1.82) is 0 Å². The summed E-state index contributed by atoms with van der Waals surface area (Å²) in [4.78, 5) is 24.6. The lowest BCUT2D eigenvalue weighted by molar-refractivity contribution is -0.150. The molecule has 0 unspecified atom stereocenters. The molecule has 0 saturated carbocycles. The molecule has 0 aliphatic rings. The summed E-state index contributed by atoms with van der Waals surface area (Å²) in [7, 11) is 0. The Morgan fingerprint density at radius 2 is 1.29 bits per heavy atom. The van der Waals surface area contributed by atoms with Crippen molar-refractivity contribution in [3.63, 3.8) is 0 Å². The van der Waals surface area contributed by atoms with Crippen molar-refractivity contribution in [3.8, 4) is 0 Å². The minimum absolute atomic E-state index is 0.0934. The molecule has 0 amide bonds. The lowest BCUT2D eigenvalue weighted by atomic mass is 10.1. The third-order valence-corrected chi connectivity index (χ3v) is 2.20.